The number of rotatable bonds is 5. The Kier molecular flexibility index (Phi) is 5.13. The Morgan fingerprint density at radius 3 is 2.50 bits per heavy atom. The smallest absolute Gasteiger partial charge is 0.0713 e. The normalized spacial score (nSPS) is 18.8. The van der Waals surface area contributed by atoms with Gasteiger partial charge in [0, 0.05) is 33.3 Å². The minimum absolute atomic E-state index is 0.115. The summed E-state index contributed by atoms with van der Waals surface area (Å²) in [5, 5.41) is 12.9. The average Bonchev–Trinajstić information content (AvgIpc) is 2.43. The van der Waals surface area contributed by atoms with E-state index in [-0.39, 0.29) is 12.6 Å². The first-order valence-corrected chi connectivity index (χ1v) is 6.48. The van der Waals surface area contributed by atoms with Crippen LogP contribution in [-0.2, 0) is 11.3 Å². The molecule has 0 bridgehead atoms. The van der Waals surface area contributed by atoms with Crippen LogP contribution < -0.4 is 5.32 Å². The molecule has 4 heteroatoms. The molecule has 0 aliphatic carbocycles. The average molecular weight is 250 g/mol. The van der Waals surface area contributed by atoms with Crippen LogP contribution in [0.5, 0.6) is 0 Å². The number of piperazine rings is 1. The van der Waals surface area contributed by atoms with E-state index in [1.54, 1.807) is 7.11 Å². The second kappa shape index (κ2) is 6.85. The molecule has 1 aromatic rings. The first kappa shape index (κ1) is 13.5. The lowest BCUT2D eigenvalue weighted by atomic mass is 10.0. The predicted octanol–water partition coefficient (Wildman–Crippen LogP) is 0.772. The number of hydrogen-bond donors (Lipinski definition) is 2. The monoisotopic (exact) mass is 250 g/mol. The van der Waals surface area contributed by atoms with E-state index in [1.165, 1.54) is 11.1 Å². The number of aliphatic hydroxyl groups is 1. The minimum atomic E-state index is 0.115. The minimum Gasteiger partial charge on any atom is -0.394 e. The molecular weight excluding hydrogens is 228 g/mol. The molecule has 100 valence electrons. The van der Waals surface area contributed by atoms with E-state index in [4.69, 9.17) is 4.74 Å². The fourth-order valence-electron chi connectivity index (χ4n) is 2.43. The van der Waals surface area contributed by atoms with Crippen molar-refractivity contribution in [2.75, 3.05) is 39.9 Å². The van der Waals surface area contributed by atoms with Gasteiger partial charge < -0.3 is 15.2 Å². The van der Waals surface area contributed by atoms with E-state index in [2.05, 4.69) is 34.5 Å². The van der Waals surface area contributed by atoms with Crippen molar-refractivity contribution in [1.29, 1.82) is 0 Å². The molecule has 1 aliphatic heterocycles. The zero-order valence-corrected chi connectivity index (χ0v) is 10.9. The highest BCUT2D eigenvalue weighted by molar-refractivity contribution is 5.25. The molecule has 1 fully saturated rings. The molecule has 0 amide bonds. The van der Waals surface area contributed by atoms with Crippen LogP contribution in [0.4, 0.5) is 0 Å². The summed E-state index contributed by atoms with van der Waals surface area (Å²) >= 11 is 0. The Labute approximate surface area is 109 Å². The van der Waals surface area contributed by atoms with Gasteiger partial charge in [-0.2, -0.15) is 0 Å². The van der Waals surface area contributed by atoms with Gasteiger partial charge in [0.05, 0.1) is 19.3 Å². The van der Waals surface area contributed by atoms with E-state index in [0.717, 1.165) is 26.2 Å². The third-order valence-corrected chi connectivity index (χ3v) is 3.44. The molecule has 4 nitrogen and oxygen atoms in total. The molecule has 0 spiro atoms. The lowest BCUT2D eigenvalue weighted by molar-refractivity contribution is 0.111. The van der Waals surface area contributed by atoms with Crippen molar-refractivity contribution in [1.82, 2.24) is 10.2 Å². The molecule has 18 heavy (non-hydrogen) atoms. The Morgan fingerprint density at radius 1 is 1.28 bits per heavy atom. The maximum atomic E-state index is 9.62. The van der Waals surface area contributed by atoms with Crippen molar-refractivity contribution in [3.05, 3.63) is 35.4 Å². The van der Waals surface area contributed by atoms with Gasteiger partial charge in [0.25, 0.3) is 0 Å². The van der Waals surface area contributed by atoms with Crippen LogP contribution in [0.1, 0.15) is 17.2 Å². The highest BCUT2D eigenvalue weighted by atomic mass is 16.5. The van der Waals surface area contributed by atoms with Gasteiger partial charge in [-0.25, -0.2) is 0 Å². The van der Waals surface area contributed by atoms with E-state index in [0.29, 0.717) is 6.61 Å². The SMILES string of the molecule is COCc1ccc(C(CO)N2CCNCC2)cc1. The molecule has 0 radical (unpaired) electrons. The number of ether oxygens (including phenoxy) is 1. The van der Waals surface area contributed by atoms with Crippen LogP contribution in [0.25, 0.3) is 0 Å². The van der Waals surface area contributed by atoms with Crippen LogP contribution in [0.15, 0.2) is 24.3 Å². The Balaban J connectivity index is 2.06. The molecular formula is C14H22N2O2. The topological polar surface area (TPSA) is 44.7 Å². The Bertz CT molecular complexity index is 347. The van der Waals surface area contributed by atoms with Gasteiger partial charge in [0.15, 0.2) is 0 Å². The van der Waals surface area contributed by atoms with Gasteiger partial charge in [-0.1, -0.05) is 24.3 Å². The summed E-state index contributed by atoms with van der Waals surface area (Å²) in [6, 6.07) is 8.45. The van der Waals surface area contributed by atoms with E-state index in [1.807, 2.05) is 0 Å². The molecule has 1 heterocycles. The number of nitrogens with zero attached hydrogens (tertiary/aromatic N) is 1. The lowest BCUT2D eigenvalue weighted by Gasteiger charge is -2.34. The molecule has 1 atom stereocenters. The summed E-state index contributed by atoms with van der Waals surface area (Å²) in [4.78, 5) is 2.34. The molecule has 1 unspecified atom stereocenters. The Hall–Kier alpha value is -0.940. The highest BCUT2D eigenvalue weighted by Gasteiger charge is 2.21. The van der Waals surface area contributed by atoms with E-state index >= 15 is 0 Å². The van der Waals surface area contributed by atoms with Crippen molar-refractivity contribution in [3.8, 4) is 0 Å². The third kappa shape index (κ3) is 3.29. The van der Waals surface area contributed by atoms with Crippen LogP contribution in [0.3, 0.4) is 0 Å². The summed E-state index contributed by atoms with van der Waals surface area (Å²) in [5.41, 5.74) is 2.34. The van der Waals surface area contributed by atoms with E-state index in [9.17, 15) is 5.11 Å². The van der Waals surface area contributed by atoms with Gasteiger partial charge in [-0.3, -0.25) is 4.90 Å². The quantitative estimate of drug-likeness (QED) is 0.810. The van der Waals surface area contributed by atoms with Gasteiger partial charge in [-0.05, 0) is 11.1 Å². The van der Waals surface area contributed by atoms with Gasteiger partial charge in [-0.15, -0.1) is 0 Å². The van der Waals surface area contributed by atoms with Crippen LogP contribution in [0, 0.1) is 0 Å². The number of benzene rings is 1. The summed E-state index contributed by atoms with van der Waals surface area (Å²) < 4.78 is 5.10. The Morgan fingerprint density at radius 2 is 1.94 bits per heavy atom. The summed E-state index contributed by atoms with van der Waals surface area (Å²) in [7, 11) is 1.70. The van der Waals surface area contributed by atoms with Gasteiger partial charge in [0.2, 0.25) is 0 Å². The predicted molar refractivity (Wildman–Crippen MR) is 71.4 cm³/mol. The maximum Gasteiger partial charge on any atom is 0.0713 e. The first-order chi connectivity index (χ1) is 8.85. The lowest BCUT2D eigenvalue weighted by Crippen LogP contribution is -2.46. The third-order valence-electron chi connectivity index (χ3n) is 3.44. The molecule has 1 saturated heterocycles. The second-order valence-electron chi connectivity index (χ2n) is 4.66. The number of aliphatic hydroxyl groups excluding tert-OH is 1. The highest BCUT2D eigenvalue weighted by Crippen LogP contribution is 2.21. The van der Waals surface area contributed by atoms with Gasteiger partial charge in [0.1, 0.15) is 0 Å². The number of hydrogen-bond acceptors (Lipinski definition) is 4. The number of methoxy groups -OCH3 is 1. The second-order valence-corrected chi connectivity index (χ2v) is 4.66. The van der Waals surface area contributed by atoms with E-state index < -0.39 is 0 Å². The summed E-state index contributed by atoms with van der Waals surface area (Å²) in [5.74, 6) is 0. The van der Waals surface area contributed by atoms with Crippen molar-refractivity contribution in [2.45, 2.75) is 12.6 Å². The number of nitrogens with one attached hydrogen (secondary N) is 1. The zero-order chi connectivity index (χ0) is 12.8. The van der Waals surface area contributed by atoms with Crippen molar-refractivity contribution < 1.29 is 9.84 Å². The fraction of sp³-hybridized carbons (Fsp3) is 0.571. The fourth-order valence-corrected chi connectivity index (χ4v) is 2.43. The first-order valence-electron chi connectivity index (χ1n) is 6.48. The maximum absolute atomic E-state index is 9.62. The van der Waals surface area contributed by atoms with Gasteiger partial charge >= 0.3 is 0 Å². The van der Waals surface area contributed by atoms with Crippen LogP contribution in [-0.4, -0.2) is 49.9 Å². The van der Waals surface area contributed by atoms with Crippen molar-refractivity contribution >= 4 is 0 Å². The molecule has 1 aliphatic rings. The largest absolute Gasteiger partial charge is 0.394 e. The van der Waals surface area contributed by atoms with Crippen LogP contribution in [0.2, 0.25) is 0 Å². The molecule has 0 aromatic heterocycles. The van der Waals surface area contributed by atoms with Crippen LogP contribution >= 0.6 is 0 Å². The molecule has 0 saturated carbocycles. The molecule has 2 rings (SSSR count). The zero-order valence-electron chi connectivity index (χ0n) is 10.9. The summed E-state index contributed by atoms with van der Waals surface area (Å²) in [6.07, 6.45) is 0. The molecule has 1 aromatic carbocycles. The van der Waals surface area contributed by atoms with Crippen molar-refractivity contribution in [2.24, 2.45) is 0 Å². The summed E-state index contributed by atoms with van der Waals surface area (Å²) in [6.45, 7) is 4.79. The standard InChI is InChI=1S/C14H22N2O2/c1-18-11-12-2-4-13(5-3-12)14(10-17)16-8-6-15-7-9-16/h2-5,14-15,17H,6-11H2,1H3. The van der Waals surface area contributed by atoms with Crippen molar-refractivity contribution in [3.63, 3.8) is 0 Å². The molecule has 2 N–H and O–H groups in total.